The number of piperidine rings is 1. The highest BCUT2D eigenvalue weighted by molar-refractivity contribution is 7.89. The molecule has 156 valence electrons. The molecule has 2 aromatic rings. The Kier molecular flexibility index (Phi) is 6.54. The van der Waals surface area contributed by atoms with Gasteiger partial charge in [0.15, 0.2) is 6.10 Å². The van der Waals surface area contributed by atoms with Gasteiger partial charge in [0, 0.05) is 18.8 Å². The van der Waals surface area contributed by atoms with Crippen LogP contribution in [-0.2, 0) is 14.8 Å². The summed E-state index contributed by atoms with van der Waals surface area (Å²) in [6.07, 6.45) is 1.90. The number of benzene rings is 2. The first kappa shape index (κ1) is 21.3. The Morgan fingerprint density at radius 3 is 2.41 bits per heavy atom. The quantitative estimate of drug-likeness (QED) is 0.773. The number of hydrogen-bond donors (Lipinski definition) is 1. The molecule has 6 nitrogen and oxygen atoms in total. The monoisotopic (exact) mass is 420 g/mol. The molecular weight excluding hydrogens is 395 g/mol. The van der Waals surface area contributed by atoms with Gasteiger partial charge in [-0.2, -0.15) is 4.31 Å². The summed E-state index contributed by atoms with van der Waals surface area (Å²) in [5, 5.41) is 2.74. The predicted molar refractivity (Wildman–Crippen MR) is 109 cm³/mol. The second-order valence-corrected chi connectivity index (χ2v) is 9.08. The molecule has 3 rings (SSSR count). The molecule has 29 heavy (non-hydrogen) atoms. The molecule has 1 heterocycles. The van der Waals surface area contributed by atoms with Crippen molar-refractivity contribution in [3.05, 3.63) is 53.8 Å². The van der Waals surface area contributed by atoms with Crippen molar-refractivity contribution in [1.82, 2.24) is 4.31 Å². The number of sulfonamides is 1. The van der Waals surface area contributed by atoms with Crippen molar-refractivity contribution in [2.75, 3.05) is 18.4 Å². The van der Waals surface area contributed by atoms with Gasteiger partial charge in [-0.05, 0) is 68.7 Å². The third kappa shape index (κ3) is 5.13. The number of carbonyl (C=O) groups is 1. The van der Waals surface area contributed by atoms with Gasteiger partial charge in [-0.1, -0.05) is 12.5 Å². The average molecular weight is 421 g/mol. The summed E-state index contributed by atoms with van der Waals surface area (Å²) in [5.74, 6) is -0.450. The summed E-state index contributed by atoms with van der Waals surface area (Å²) in [7, 11) is -3.59. The smallest absolute Gasteiger partial charge is 0.265 e. The lowest BCUT2D eigenvalue weighted by Gasteiger charge is -2.26. The molecule has 8 heteroatoms. The number of aryl methyl sites for hydroxylation is 1. The third-order valence-corrected chi connectivity index (χ3v) is 6.81. The van der Waals surface area contributed by atoms with Gasteiger partial charge in [-0.15, -0.1) is 0 Å². The third-order valence-electron chi connectivity index (χ3n) is 4.92. The Morgan fingerprint density at radius 1 is 1.10 bits per heavy atom. The molecule has 0 unspecified atom stereocenters. The van der Waals surface area contributed by atoms with E-state index in [2.05, 4.69) is 5.32 Å². The standard InChI is InChI=1S/C21H25FN2O4S/c1-15-6-11-19(29(26,27)24-12-4-3-5-13-24)14-20(15)23-21(25)16(2)28-18-9-7-17(22)8-10-18/h6-11,14,16H,3-5,12-13H2,1-2H3,(H,23,25)/t16-/m1/s1. The van der Waals surface area contributed by atoms with E-state index in [1.54, 1.807) is 26.0 Å². The maximum Gasteiger partial charge on any atom is 0.265 e. The molecule has 1 aliphatic rings. The minimum atomic E-state index is -3.59. The van der Waals surface area contributed by atoms with E-state index in [0.29, 0.717) is 24.5 Å². The van der Waals surface area contributed by atoms with Crippen molar-refractivity contribution in [3.63, 3.8) is 0 Å². The maximum absolute atomic E-state index is 13.0. The van der Waals surface area contributed by atoms with Crippen molar-refractivity contribution in [2.24, 2.45) is 0 Å². The van der Waals surface area contributed by atoms with E-state index in [1.807, 2.05) is 0 Å². The van der Waals surface area contributed by atoms with Crippen LogP contribution in [0.5, 0.6) is 5.75 Å². The first-order valence-electron chi connectivity index (χ1n) is 9.61. The van der Waals surface area contributed by atoms with Crippen LogP contribution in [0.4, 0.5) is 10.1 Å². The fraction of sp³-hybridized carbons (Fsp3) is 0.381. The van der Waals surface area contributed by atoms with E-state index in [1.165, 1.54) is 34.6 Å². The van der Waals surface area contributed by atoms with Gasteiger partial charge in [-0.3, -0.25) is 4.79 Å². The van der Waals surface area contributed by atoms with E-state index >= 15 is 0 Å². The van der Waals surface area contributed by atoms with Crippen molar-refractivity contribution in [3.8, 4) is 5.75 Å². The number of rotatable bonds is 6. The van der Waals surface area contributed by atoms with Crippen LogP contribution in [0.15, 0.2) is 47.4 Å². The first-order chi connectivity index (χ1) is 13.8. The second-order valence-electron chi connectivity index (χ2n) is 7.14. The summed E-state index contributed by atoms with van der Waals surface area (Å²) in [6.45, 7) is 4.39. The van der Waals surface area contributed by atoms with Gasteiger partial charge in [0.05, 0.1) is 4.90 Å². The van der Waals surface area contributed by atoms with Crippen molar-refractivity contribution in [2.45, 2.75) is 44.1 Å². The summed E-state index contributed by atoms with van der Waals surface area (Å²) in [5.41, 5.74) is 1.16. The summed E-state index contributed by atoms with van der Waals surface area (Å²) in [4.78, 5) is 12.7. The molecule has 1 N–H and O–H groups in total. The molecule has 1 amide bonds. The van der Waals surface area contributed by atoms with Crippen molar-refractivity contribution < 1.29 is 22.3 Å². The summed E-state index contributed by atoms with van der Waals surface area (Å²) >= 11 is 0. The zero-order valence-electron chi connectivity index (χ0n) is 16.5. The van der Waals surface area contributed by atoms with Gasteiger partial charge in [0.1, 0.15) is 11.6 Å². The van der Waals surface area contributed by atoms with Crippen LogP contribution < -0.4 is 10.1 Å². The van der Waals surface area contributed by atoms with Gasteiger partial charge >= 0.3 is 0 Å². The lowest BCUT2D eigenvalue weighted by Crippen LogP contribution is -2.35. The van der Waals surface area contributed by atoms with E-state index in [-0.39, 0.29) is 4.90 Å². The van der Waals surface area contributed by atoms with Gasteiger partial charge in [0.25, 0.3) is 5.91 Å². The highest BCUT2D eigenvalue weighted by Gasteiger charge is 2.26. The van der Waals surface area contributed by atoms with Crippen molar-refractivity contribution in [1.29, 1.82) is 0 Å². The Balaban J connectivity index is 1.73. The number of ether oxygens (including phenoxy) is 1. The molecule has 0 aromatic heterocycles. The van der Waals surface area contributed by atoms with Gasteiger partial charge in [0.2, 0.25) is 10.0 Å². The van der Waals surface area contributed by atoms with Crippen LogP contribution in [0, 0.1) is 12.7 Å². The number of amides is 1. The zero-order valence-corrected chi connectivity index (χ0v) is 17.3. The Labute approximate surface area is 170 Å². The van der Waals surface area contributed by atoms with Crippen molar-refractivity contribution >= 4 is 21.6 Å². The largest absolute Gasteiger partial charge is 0.481 e. The van der Waals surface area contributed by atoms with Crippen LogP contribution in [0.1, 0.15) is 31.7 Å². The lowest BCUT2D eigenvalue weighted by molar-refractivity contribution is -0.122. The first-order valence-corrected chi connectivity index (χ1v) is 11.1. The molecule has 1 saturated heterocycles. The van der Waals surface area contributed by atoms with E-state index in [4.69, 9.17) is 4.74 Å². The number of hydrogen-bond acceptors (Lipinski definition) is 4. The Bertz CT molecular complexity index is 971. The molecule has 0 saturated carbocycles. The van der Waals surface area contributed by atoms with Crippen LogP contribution >= 0.6 is 0 Å². The maximum atomic E-state index is 13.0. The Morgan fingerprint density at radius 2 is 1.76 bits per heavy atom. The number of nitrogens with one attached hydrogen (secondary N) is 1. The number of carbonyl (C=O) groups excluding carboxylic acids is 1. The SMILES string of the molecule is Cc1ccc(S(=O)(=O)N2CCCCC2)cc1NC(=O)[C@@H](C)Oc1ccc(F)cc1. The molecule has 2 aromatic carbocycles. The number of halogens is 1. The molecule has 1 atom stereocenters. The topological polar surface area (TPSA) is 75.7 Å². The van der Waals surface area contributed by atoms with E-state index in [0.717, 1.165) is 24.8 Å². The highest BCUT2D eigenvalue weighted by atomic mass is 32.2. The van der Waals surface area contributed by atoms with E-state index in [9.17, 15) is 17.6 Å². The van der Waals surface area contributed by atoms with Gasteiger partial charge in [-0.25, -0.2) is 12.8 Å². The van der Waals surface area contributed by atoms with Crippen LogP contribution in [0.25, 0.3) is 0 Å². The Hall–Kier alpha value is -2.45. The summed E-state index contributed by atoms with van der Waals surface area (Å²) in [6, 6.07) is 10.1. The van der Waals surface area contributed by atoms with Crippen LogP contribution in [0.3, 0.4) is 0 Å². The molecule has 0 aliphatic carbocycles. The molecule has 0 radical (unpaired) electrons. The lowest BCUT2D eigenvalue weighted by atomic mass is 10.2. The van der Waals surface area contributed by atoms with Crippen LogP contribution in [0.2, 0.25) is 0 Å². The molecule has 0 spiro atoms. The minimum Gasteiger partial charge on any atom is -0.481 e. The molecular formula is C21H25FN2O4S. The summed E-state index contributed by atoms with van der Waals surface area (Å²) < 4.78 is 45.8. The van der Waals surface area contributed by atoms with Crippen LogP contribution in [-0.4, -0.2) is 37.8 Å². The minimum absolute atomic E-state index is 0.160. The molecule has 0 bridgehead atoms. The highest BCUT2D eigenvalue weighted by Crippen LogP contribution is 2.25. The second kappa shape index (κ2) is 8.92. The number of nitrogens with zero attached hydrogens (tertiary/aromatic N) is 1. The normalized spacial score (nSPS) is 16.2. The predicted octanol–water partition coefficient (Wildman–Crippen LogP) is 3.71. The van der Waals surface area contributed by atoms with E-state index < -0.39 is 27.9 Å². The fourth-order valence-corrected chi connectivity index (χ4v) is 4.70. The number of anilines is 1. The molecule has 1 fully saturated rings. The van der Waals surface area contributed by atoms with Gasteiger partial charge < -0.3 is 10.1 Å². The molecule has 1 aliphatic heterocycles. The average Bonchev–Trinajstić information content (AvgIpc) is 2.71. The zero-order chi connectivity index (χ0) is 21.0. The fourth-order valence-electron chi connectivity index (χ4n) is 3.16.